The lowest BCUT2D eigenvalue weighted by Crippen LogP contribution is -2.55. The molecular formula is C25H22ClFN2O5S. The Labute approximate surface area is 207 Å². The van der Waals surface area contributed by atoms with E-state index in [0.717, 1.165) is 4.31 Å². The van der Waals surface area contributed by atoms with E-state index < -0.39 is 34.1 Å². The van der Waals surface area contributed by atoms with Crippen molar-refractivity contribution in [3.05, 3.63) is 94.3 Å². The van der Waals surface area contributed by atoms with Gasteiger partial charge in [0.2, 0.25) is 0 Å². The van der Waals surface area contributed by atoms with Crippen molar-refractivity contribution in [1.29, 1.82) is 0 Å². The fourth-order valence-electron chi connectivity index (χ4n) is 4.12. The molecule has 2 unspecified atom stereocenters. The Morgan fingerprint density at radius 2 is 1.77 bits per heavy atom. The molecule has 0 saturated carbocycles. The number of rotatable bonds is 6. The van der Waals surface area contributed by atoms with Gasteiger partial charge in [-0.05, 0) is 59.0 Å². The molecule has 1 fully saturated rings. The topological polar surface area (TPSA) is 104 Å². The van der Waals surface area contributed by atoms with Gasteiger partial charge in [-0.1, -0.05) is 48.0 Å². The van der Waals surface area contributed by atoms with E-state index in [9.17, 15) is 27.5 Å². The van der Waals surface area contributed by atoms with Crippen molar-refractivity contribution >= 4 is 33.6 Å². The first-order chi connectivity index (χ1) is 16.5. The Morgan fingerprint density at radius 3 is 2.46 bits per heavy atom. The fraction of sp³-hybridized carbons (Fsp3) is 0.200. The third-order valence-electron chi connectivity index (χ3n) is 6.03. The summed E-state index contributed by atoms with van der Waals surface area (Å²) >= 11 is 5.82. The van der Waals surface area contributed by atoms with Crippen LogP contribution in [0, 0.1) is 5.82 Å². The van der Waals surface area contributed by atoms with E-state index in [1.165, 1.54) is 31.3 Å². The lowest BCUT2D eigenvalue weighted by atomic mass is 9.92. The predicted octanol–water partition coefficient (Wildman–Crippen LogP) is 4.24. The Hall–Kier alpha value is -3.11. The first kappa shape index (κ1) is 25.0. The zero-order valence-electron chi connectivity index (χ0n) is 18.6. The number of Topliss-reactive ketones (excluding diaryl/α,β-unsaturated/α-hetero) is 1. The van der Waals surface area contributed by atoms with Gasteiger partial charge >= 0.3 is 5.97 Å². The van der Waals surface area contributed by atoms with Gasteiger partial charge in [-0.3, -0.25) is 4.79 Å². The molecule has 0 aromatic heterocycles. The highest BCUT2D eigenvalue weighted by Gasteiger charge is 2.40. The maximum Gasteiger partial charge on any atom is 0.335 e. The van der Waals surface area contributed by atoms with Gasteiger partial charge in [0.1, 0.15) is 5.82 Å². The molecule has 0 radical (unpaired) electrons. The highest BCUT2D eigenvalue weighted by molar-refractivity contribution is 7.87. The summed E-state index contributed by atoms with van der Waals surface area (Å²) in [6.07, 6.45) is 0.0847. The van der Waals surface area contributed by atoms with Crippen LogP contribution in [0.15, 0.2) is 66.7 Å². The monoisotopic (exact) mass is 516 g/mol. The number of aromatic carboxylic acids is 1. The lowest BCUT2D eigenvalue weighted by molar-refractivity contribution is -0.122. The smallest absolute Gasteiger partial charge is 0.335 e. The minimum Gasteiger partial charge on any atom is -0.478 e. The molecule has 7 nitrogen and oxygen atoms in total. The first-order valence-corrected chi connectivity index (χ1v) is 12.5. The lowest BCUT2D eigenvalue weighted by Gasteiger charge is -2.36. The van der Waals surface area contributed by atoms with Crippen LogP contribution < -0.4 is 4.72 Å². The van der Waals surface area contributed by atoms with E-state index in [1.807, 2.05) is 0 Å². The Morgan fingerprint density at radius 1 is 1.09 bits per heavy atom. The zero-order chi connectivity index (χ0) is 25.3. The van der Waals surface area contributed by atoms with E-state index in [2.05, 4.69) is 4.72 Å². The summed E-state index contributed by atoms with van der Waals surface area (Å²) in [5.74, 6) is -1.98. The molecule has 0 spiro atoms. The average molecular weight is 517 g/mol. The highest BCUT2D eigenvalue weighted by Crippen LogP contribution is 2.31. The van der Waals surface area contributed by atoms with Crippen molar-refractivity contribution in [2.45, 2.75) is 24.9 Å². The number of nitrogens with one attached hydrogen (secondary N) is 1. The van der Waals surface area contributed by atoms with Gasteiger partial charge in [0, 0.05) is 19.5 Å². The number of benzene rings is 3. The van der Waals surface area contributed by atoms with Crippen LogP contribution in [0.3, 0.4) is 0 Å². The number of carbonyl (C=O) groups is 2. The van der Waals surface area contributed by atoms with Crippen LogP contribution in [0.25, 0.3) is 11.1 Å². The van der Waals surface area contributed by atoms with Crippen LogP contribution >= 0.6 is 11.6 Å². The summed E-state index contributed by atoms with van der Waals surface area (Å²) in [5, 5.41) is 9.17. The van der Waals surface area contributed by atoms with Crippen molar-refractivity contribution in [3.63, 3.8) is 0 Å². The van der Waals surface area contributed by atoms with E-state index in [1.54, 1.807) is 42.5 Å². The van der Waals surface area contributed by atoms with Gasteiger partial charge in [-0.2, -0.15) is 17.4 Å². The molecule has 10 heteroatoms. The average Bonchev–Trinajstić information content (AvgIpc) is 2.83. The molecule has 1 heterocycles. The molecule has 2 N–H and O–H groups in total. The van der Waals surface area contributed by atoms with Crippen molar-refractivity contribution in [3.8, 4) is 11.1 Å². The molecule has 1 saturated heterocycles. The molecule has 35 heavy (non-hydrogen) atoms. The van der Waals surface area contributed by atoms with Crippen LogP contribution in [0.5, 0.6) is 0 Å². The molecule has 0 bridgehead atoms. The number of hydrogen-bond donors (Lipinski definition) is 2. The van der Waals surface area contributed by atoms with Crippen LogP contribution in [-0.2, 0) is 21.4 Å². The van der Waals surface area contributed by atoms with Gasteiger partial charge in [-0.25, -0.2) is 9.18 Å². The Bertz CT molecular complexity index is 1410. The van der Waals surface area contributed by atoms with E-state index in [0.29, 0.717) is 22.3 Å². The van der Waals surface area contributed by atoms with Crippen molar-refractivity contribution in [2.75, 3.05) is 7.05 Å². The maximum absolute atomic E-state index is 13.5. The SMILES string of the molecule is CN1C(C(=O)Cc2ccc(F)c(Cl)c2)CC(c2cccc(-c3cccc(C(=O)O)c3)c2)NS1(=O)=O. The Balaban J connectivity index is 1.61. The second-order valence-corrected chi connectivity index (χ2v) is 10.5. The summed E-state index contributed by atoms with van der Waals surface area (Å²) in [6.45, 7) is 0. The summed E-state index contributed by atoms with van der Waals surface area (Å²) < 4.78 is 42.8. The fourth-order valence-corrected chi connectivity index (χ4v) is 5.62. The largest absolute Gasteiger partial charge is 0.478 e. The number of nitrogens with zero attached hydrogens (tertiary/aromatic N) is 1. The van der Waals surface area contributed by atoms with Gasteiger partial charge < -0.3 is 5.11 Å². The minimum absolute atomic E-state index is 0.0979. The Kier molecular flexibility index (Phi) is 7.05. The van der Waals surface area contributed by atoms with Gasteiger partial charge in [0.15, 0.2) is 5.78 Å². The summed E-state index contributed by atoms with van der Waals surface area (Å²) in [6, 6.07) is 15.9. The van der Waals surface area contributed by atoms with Crippen molar-refractivity contribution in [2.24, 2.45) is 0 Å². The normalized spacial score (nSPS) is 19.9. The van der Waals surface area contributed by atoms with Crippen LogP contribution in [0.4, 0.5) is 4.39 Å². The number of carboxylic acid groups (broad SMARTS) is 1. The molecule has 0 aliphatic carbocycles. The minimum atomic E-state index is -3.96. The number of carboxylic acids is 1. The van der Waals surface area contributed by atoms with Crippen LogP contribution in [0.1, 0.15) is 33.9 Å². The second-order valence-electron chi connectivity index (χ2n) is 8.35. The number of ketones is 1. The van der Waals surface area contributed by atoms with Crippen LogP contribution in [-0.4, -0.2) is 42.7 Å². The quantitative estimate of drug-likeness (QED) is 0.510. The number of likely N-dealkylation sites (N-methyl/N-ethyl adjacent to an activating group) is 1. The zero-order valence-corrected chi connectivity index (χ0v) is 20.2. The number of hydrogen-bond acceptors (Lipinski definition) is 4. The van der Waals surface area contributed by atoms with Crippen molar-refractivity contribution < 1.29 is 27.5 Å². The van der Waals surface area contributed by atoms with Gasteiger partial charge in [-0.15, -0.1) is 0 Å². The molecule has 3 aromatic carbocycles. The standard InChI is InChI=1S/C25H22ClFN2O5S/c1-29-23(24(30)11-15-8-9-21(27)20(26)10-15)14-22(28-35(29,33)34)18-6-2-4-16(12-18)17-5-3-7-19(13-17)25(31)32/h2-10,12-13,22-23,28H,11,14H2,1H3,(H,31,32). The first-order valence-electron chi connectivity index (χ1n) is 10.7. The summed E-state index contributed by atoms with van der Waals surface area (Å²) in [5.41, 5.74) is 2.65. The molecule has 1 aliphatic rings. The molecular weight excluding hydrogens is 495 g/mol. The summed E-state index contributed by atoms with van der Waals surface area (Å²) in [4.78, 5) is 24.4. The van der Waals surface area contributed by atoms with Gasteiger partial charge in [0.25, 0.3) is 10.2 Å². The van der Waals surface area contributed by atoms with Crippen molar-refractivity contribution in [1.82, 2.24) is 9.03 Å². The van der Waals surface area contributed by atoms with E-state index in [-0.39, 0.29) is 29.2 Å². The molecule has 4 rings (SSSR count). The molecule has 0 amide bonds. The molecule has 2 atom stereocenters. The second kappa shape index (κ2) is 9.87. The number of halogens is 2. The third-order valence-corrected chi connectivity index (χ3v) is 7.92. The van der Waals surface area contributed by atoms with Crippen LogP contribution in [0.2, 0.25) is 5.02 Å². The maximum atomic E-state index is 13.5. The third kappa shape index (κ3) is 5.43. The molecule has 182 valence electrons. The molecule has 1 aliphatic heterocycles. The summed E-state index contributed by atoms with van der Waals surface area (Å²) in [7, 11) is -2.62. The highest BCUT2D eigenvalue weighted by atomic mass is 35.5. The van der Waals surface area contributed by atoms with Gasteiger partial charge in [0.05, 0.1) is 16.6 Å². The molecule has 3 aromatic rings. The number of carbonyl (C=O) groups excluding carboxylic acids is 1. The van der Waals surface area contributed by atoms with E-state index >= 15 is 0 Å². The van der Waals surface area contributed by atoms with E-state index in [4.69, 9.17) is 11.6 Å². The predicted molar refractivity (Wildman–Crippen MR) is 130 cm³/mol.